The lowest BCUT2D eigenvalue weighted by Crippen LogP contribution is -2.19. The fraction of sp³-hybridized carbons (Fsp3) is 0.562. The van der Waals surface area contributed by atoms with Crippen LogP contribution in [0.3, 0.4) is 0 Å². The van der Waals surface area contributed by atoms with Gasteiger partial charge in [0, 0.05) is 18.9 Å². The molecule has 0 bridgehead atoms. The fourth-order valence-electron chi connectivity index (χ4n) is 3.14. The lowest BCUT2D eigenvalue weighted by molar-refractivity contribution is 0.291. The summed E-state index contributed by atoms with van der Waals surface area (Å²) in [4.78, 5) is 6.65. The predicted molar refractivity (Wildman–Crippen MR) is 85.8 cm³/mol. The van der Waals surface area contributed by atoms with Crippen LogP contribution in [0.25, 0.3) is 5.65 Å². The highest BCUT2D eigenvalue weighted by Crippen LogP contribution is 2.40. The summed E-state index contributed by atoms with van der Waals surface area (Å²) in [6, 6.07) is 2.12. The van der Waals surface area contributed by atoms with Gasteiger partial charge in [0.25, 0.3) is 0 Å². The van der Waals surface area contributed by atoms with Gasteiger partial charge in [-0.05, 0) is 31.7 Å². The molecule has 0 atom stereocenters. The smallest absolute Gasteiger partial charge is 0.229 e. The van der Waals surface area contributed by atoms with Crippen LogP contribution in [0.15, 0.2) is 16.9 Å². The Morgan fingerprint density at radius 2 is 2.12 bits per heavy atom. The van der Waals surface area contributed by atoms with Gasteiger partial charge >= 0.3 is 0 Å². The van der Waals surface area contributed by atoms with Crippen LogP contribution < -0.4 is 4.90 Å². The Morgan fingerprint density at radius 3 is 2.88 bits per heavy atom. The van der Waals surface area contributed by atoms with Crippen molar-refractivity contribution < 1.29 is 4.52 Å². The van der Waals surface area contributed by atoms with Gasteiger partial charge in [-0.25, -0.2) is 0 Å². The molecule has 2 aliphatic carbocycles. The summed E-state index contributed by atoms with van der Waals surface area (Å²) < 4.78 is 7.18. The number of fused-ring (bicyclic) bond motifs is 1. The Labute approximate surface area is 138 Å². The third-order valence-corrected chi connectivity index (χ3v) is 4.99. The number of nitrogens with zero attached hydrogens (tertiary/aromatic N) is 7. The summed E-state index contributed by atoms with van der Waals surface area (Å²) >= 11 is 0. The van der Waals surface area contributed by atoms with Crippen LogP contribution in [-0.4, -0.2) is 37.0 Å². The first-order chi connectivity index (χ1) is 11.8. The molecule has 2 saturated carbocycles. The van der Waals surface area contributed by atoms with Crippen molar-refractivity contribution in [1.82, 2.24) is 30.0 Å². The zero-order chi connectivity index (χ0) is 16.1. The molecular weight excluding hydrogens is 306 g/mol. The number of rotatable bonds is 5. The molecule has 5 rings (SSSR count). The lowest BCUT2D eigenvalue weighted by Gasteiger charge is -2.20. The molecule has 2 aliphatic rings. The molecule has 0 aromatic carbocycles. The van der Waals surface area contributed by atoms with Crippen LogP contribution >= 0.6 is 0 Å². The summed E-state index contributed by atoms with van der Waals surface area (Å²) in [5, 5.41) is 16.9. The molecule has 8 heteroatoms. The van der Waals surface area contributed by atoms with Crippen molar-refractivity contribution in [1.29, 1.82) is 0 Å². The van der Waals surface area contributed by atoms with Crippen LogP contribution in [0.4, 0.5) is 5.69 Å². The molecule has 3 aromatic rings. The molecule has 0 radical (unpaired) electrons. The Bertz CT molecular complexity index is 878. The Balaban J connectivity index is 1.43. The van der Waals surface area contributed by atoms with Crippen LogP contribution in [0.5, 0.6) is 0 Å². The summed E-state index contributed by atoms with van der Waals surface area (Å²) in [5.41, 5.74) is 2.86. The molecule has 24 heavy (non-hydrogen) atoms. The van der Waals surface area contributed by atoms with E-state index in [1.807, 2.05) is 7.05 Å². The zero-order valence-electron chi connectivity index (χ0n) is 13.6. The normalized spacial score (nSPS) is 18.0. The second kappa shape index (κ2) is 5.25. The van der Waals surface area contributed by atoms with Crippen LogP contribution in [0.2, 0.25) is 0 Å². The Morgan fingerprint density at radius 1 is 1.25 bits per heavy atom. The highest BCUT2D eigenvalue weighted by molar-refractivity contribution is 5.68. The minimum atomic E-state index is 0.460. The van der Waals surface area contributed by atoms with E-state index in [9.17, 15) is 0 Å². The van der Waals surface area contributed by atoms with Crippen LogP contribution in [0, 0.1) is 0 Å². The molecular formula is C16H19N7O. The molecule has 3 heterocycles. The van der Waals surface area contributed by atoms with Crippen molar-refractivity contribution >= 4 is 11.3 Å². The van der Waals surface area contributed by atoms with Crippen molar-refractivity contribution in [2.24, 2.45) is 0 Å². The summed E-state index contributed by atoms with van der Waals surface area (Å²) in [6.45, 7) is 0.576. The van der Waals surface area contributed by atoms with E-state index in [2.05, 4.69) is 36.4 Å². The summed E-state index contributed by atoms with van der Waals surface area (Å²) in [5.74, 6) is 2.52. The molecule has 0 saturated heterocycles. The highest BCUT2D eigenvalue weighted by atomic mass is 16.5. The number of aromatic nitrogens is 6. The van der Waals surface area contributed by atoms with E-state index in [0.717, 1.165) is 35.8 Å². The van der Waals surface area contributed by atoms with E-state index in [4.69, 9.17) is 4.52 Å². The van der Waals surface area contributed by atoms with Crippen molar-refractivity contribution in [2.45, 2.75) is 50.5 Å². The van der Waals surface area contributed by atoms with Gasteiger partial charge in [0.1, 0.15) is 6.33 Å². The third-order valence-electron chi connectivity index (χ3n) is 4.99. The van der Waals surface area contributed by atoms with Gasteiger partial charge in [-0.1, -0.05) is 11.6 Å². The molecule has 8 nitrogen and oxygen atoms in total. The lowest BCUT2D eigenvalue weighted by atomic mass is 9.85. The molecule has 0 aliphatic heterocycles. The topological polar surface area (TPSA) is 85.2 Å². The van der Waals surface area contributed by atoms with Crippen molar-refractivity contribution in [3.8, 4) is 0 Å². The summed E-state index contributed by atoms with van der Waals surface area (Å²) in [6.07, 6.45) is 7.65. The fourth-order valence-corrected chi connectivity index (χ4v) is 3.14. The van der Waals surface area contributed by atoms with Gasteiger partial charge < -0.3 is 9.42 Å². The van der Waals surface area contributed by atoms with E-state index in [0.29, 0.717) is 24.2 Å². The Hall–Kier alpha value is -2.51. The van der Waals surface area contributed by atoms with E-state index in [1.54, 1.807) is 10.8 Å². The number of anilines is 1. The first-order valence-electron chi connectivity index (χ1n) is 8.52. The van der Waals surface area contributed by atoms with Gasteiger partial charge in [0.2, 0.25) is 11.5 Å². The average Bonchev–Trinajstić information content (AvgIpc) is 3.11. The third kappa shape index (κ3) is 2.33. The highest BCUT2D eigenvalue weighted by Gasteiger charge is 2.28. The minimum Gasteiger partial charge on any atom is -0.364 e. The van der Waals surface area contributed by atoms with E-state index < -0.39 is 0 Å². The second-order valence-corrected chi connectivity index (χ2v) is 6.86. The molecule has 0 N–H and O–H groups in total. The van der Waals surface area contributed by atoms with Crippen LogP contribution in [-0.2, 0) is 6.54 Å². The second-order valence-electron chi connectivity index (χ2n) is 6.86. The molecule has 3 aromatic heterocycles. The minimum absolute atomic E-state index is 0.460. The first-order valence-corrected chi connectivity index (χ1v) is 8.52. The average molecular weight is 325 g/mol. The maximum atomic E-state index is 5.42. The predicted octanol–water partition coefficient (Wildman–Crippen LogP) is 2.29. The van der Waals surface area contributed by atoms with Crippen LogP contribution in [0.1, 0.15) is 61.3 Å². The van der Waals surface area contributed by atoms with Crippen molar-refractivity contribution in [3.63, 3.8) is 0 Å². The monoisotopic (exact) mass is 325 g/mol. The largest absolute Gasteiger partial charge is 0.364 e. The van der Waals surface area contributed by atoms with Gasteiger partial charge in [-0.2, -0.15) is 14.6 Å². The SMILES string of the molecule is CN(Cc1noc(C2CCC2)n1)c1cc(C2CC2)nn2cnnc12. The van der Waals surface area contributed by atoms with E-state index in [-0.39, 0.29) is 0 Å². The van der Waals surface area contributed by atoms with Gasteiger partial charge in [-0.15, -0.1) is 10.2 Å². The standard InChI is InChI=1S/C16H19N7O/c1-22(8-14-18-16(24-21-14)11-3-2-4-11)13-7-12(10-5-6-10)20-23-9-17-19-15(13)23/h7,9-11H,2-6,8H2,1H3. The van der Waals surface area contributed by atoms with E-state index >= 15 is 0 Å². The molecule has 0 spiro atoms. The first kappa shape index (κ1) is 13.9. The van der Waals surface area contributed by atoms with Gasteiger partial charge in [0.05, 0.1) is 17.9 Å². The molecule has 124 valence electrons. The Kier molecular flexibility index (Phi) is 3.04. The maximum absolute atomic E-state index is 5.42. The van der Waals surface area contributed by atoms with Gasteiger partial charge in [-0.3, -0.25) is 0 Å². The quantitative estimate of drug-likeness (QED) is 0.711. The number of hydrogen-bond donors (Lipinski definition) is 0. The summed E-state index contributed by atoms with van der Waals surface area (Å²) in [7, 11) is 2.01. The molecule has 0 unspecified atom stereocenters. The molecule has 2 fully saturated rings. The molecule has 0 amide bonds. The maximum Gasteiger partial charge on any atom is 0.229 e. The van der Waals surface area contributed by atoms with E-state index in [1.165, 1.54) is 19.3 Å². The number of hydrogen-bond acceptors (Lipinski definition) is 7. The van der Waals surface area contributed by atoms with Crippen molar-refractivity contribution in [2.75, 3.05) is 11.9 Å². The van der Waals surface area contributed by atoms with Gasteiger partial charge in [0.15, 0.2) is 5.82 Å². The van der Waals surface area contributed by atoms with Crippen molar-refractivity contribution in [3.05, 3.63) is 29.8 Å². The zero-order valence-corrected chi connectivity index (χ0v) is 13.6.